The minimum Gasteiger partial charge on any atom is -0.356 e. The topological polar surface area (TPSA) is 75.3 Å². The summed E-state index contributed by atoms with van der Waals surface area (Å²) in [5, 5.41) is 11.4. The van der Waals surface area contributed by atoms with Crippen molar-refractivity contribution >= 4 is 41.5 Å². The van der Waals surface area contributed by atoms with E-state index in [1.807, 2.05) is 36.4 Å². The Kier molecular flexibility index (Phi) is 8.91. The Morgan fingerprint density at radius 3 is 2.72 bits per heavy atom. The zero-order valence-electron chi connectivity index (χ0n) is 16.6. The third kappa shape index (κ3) is 6.43. The summed E-state index contributed by atoms with van der Waals surface area (Å²) in [4.78, 5) is 8.72. The second kappa shape index (κ2) is 11.2. The van der Waals surface area contributed by atoms with E-state index in [1.54, 1.807) is 7.05 Å². The van der Waals surface area contributed by atoms with Crippen LogP contribution in [0.3, 0.4) is 0 Å². The molecule has 0 radical (unpaired) electrons. The summed E-state index contributed by atoms with van der Waals surface area (Å²) in [5.74, 6) is 1.82. The lowest BCUT2D eigenvalue weighted by Gasteiger charge is -2.19. The second-order valence-corrected chi connectivity index (χ2v) is 6.93. The molecule has 0 saturated carbocycles. The Hall–Kier alpha value is -2.13. The van der Waals surface area contributed by atoms with E-state index in [0.717, 1.165) is 11.5 Å². The summed E-state index contributed by atoms with van der Waals surface area (Å²) in [6.07, 6.45) is 0.590. The van der Waals surface area contributed by atoms with Crippen LogP contribution in [0, 0.1) is 6.92 Å². The Labute approximate surface area is 193 Å². The summed E-state index contributed by atoms with van der Waals surface area (Å²) >= 11 is 6.02. The highest BCUT2D eigenvalue weighted by molar-refractivity contribution is 14.0. The molecule has 0 aliphatic heterocycles. The van der Waals surface area contributed by atoms with Crippen molar-refractivity contribution in [3.8, 4) is 11.4 Å². The summed E-state index contributed by atoms with van der Waals surface area (Å²) in [6, 6.07) is 15.8. The Bertz CT molecular complexity index is 960. The summed E-state index contributed by atoms with van der Waals surface area (Å²) < 4.78 is 5.34. The zero-order chi connectivity index (χ0) is 19.9. The first-order valence-electron chi connectivity index (χ1n) is 9.18. The number of rotatable bonds is 6. The lowest BCUT2D eigenvalue weighted by molar-refractivity contribution is 0.378. The highest BCUT2D eigenvalue weighted by Crippen LogP contribution is 2.20. The molecule has 2 aromatic carbocycles. The number of guanidine groups is 1. The number of benzene rings is 2. The lowest BCUT2D eigenvalue weighted by atomic mass is 10.0. The fraction of sp³-hybridized carbons (Fsp3) is 0.286. The summed E-state index contributed by atoms with van der Waals surface area (Å²) in [5.41, 5.74) is 3.32. The normalized spacial score (nSPS) is 12.2. The standard InChI is InChI=1S/C21H24ClN5O.HI/c1-14-7-4-5-10-18(14)15(2)25-21(23-3)24-12-11-19-26-20(27-28-19)16-8-6-9-17(22)13-16;/h4-10,13,15H,11-12H2,1-3H3,(H2,23,24,25);1H. The van der Waals surface area contributed by atoms with Crippen molar-refractivity contribution in [1.82, 2.24) is 20.8 Å². The van der Waals surface area contributed by atoms with Gasteiger partial charge in [-0.25, -0.2) is 0 Å². The molecular weight excluding hydrogens is 501 g/mol. The van der Waals surface area contributed by atoms with E-state index >= 15 is 0 Å². The minimum absolute atomic E-state index is 0. The van der Waals surface area contributed by atoms with Gasteiger partial charge in [-0.3, -0.25) is 4.99 Å². The van der Waals surface area contributed by atoms with Crippen LogP contribution in [0.5, 0.6) is 0 Å². The van der Waals surface area contributed by atoms with Gasteiger partial charge in [0.05, 0.1) is 6.04 Å². The van der Waals surface area contributed by atoms with Crippen molar-refractivity contribution in [2.75, 3.05) is 13.6 Å². The van der Waals surface area contributed by atoms with E-state index in [0.29, 0.717) is 29.7 Å². The number of aryl methyl sites for hydroxylation is 1. The maximum absolute atomic E-state index is 6.02. The molecule has 0 aliphatic carbocycles. The minimum atomic E-state index is 0. The quantitative estimate of drug-likeness (QED) is 0.275. The monoisotopic (exact) mass is 525 g/mol. The number of nitrogens with zero attached hydrogens (tertiary/aromatic N) is 3. The molecule has 2 N–H and O–H groups in total. The van der Waals surface area contributed by atoms with E-state index in [2.05, 4.69) is 51.7 Å². The highest BCUT2D eigenvalue weighted by atomic mass is 127. The zero-order valence-corrected chi connectivity index (χ0v) is 19.7. The van der Waals surface area contributed by atoms with E-state index in [1.165, 1.54) is 11.1 Å². The maximum Gasteiger partial charge on any atom is 0.228 e. The van der Waals surface area contributed by atoms with Crippen LogP contribution in [0.1, 0.15) is 30.0 Å². The maximum atomic E-state index is 6.02. The molecule has 154 valence electrons. The van der Waals surface area contributed by atoms with Gasteiger partial charge in [-0.15, -0.1) is 24.0 Å². The number of halogens is 2. The molecule has 0 fully saturated rings. The van der Waals surface area contributed by atoms with Gasteiger partial charge in [0, 0.05) is 30.6 Å². The van der Waals surface area contributed by atoms with Crippen LogP contribution in [0.15, 0.2) is 58.0 Å². The largest absolute Gasteiger partial charge is 0.356 e. The molecule has 0 aliphatic rings. The molecule has 0 saturated heterocycles. The second-order valence-electron chi connectivity index (χ2n) is 6.49. The molecule has 1 aromatic heterocycles. The summed E-state index contributed by atoms with van der Waals surface area (Å²) in [6.45, 7) is 4.85. The van der Waals surface area contributed by atoms with Crippen molar-refractivity contribution < 1.29 is 4.52 Å². The van der Waals surface area contributed by atoms with Gasteiger partial charge in [0.15, 0.2) is 5.96 Å². The predicted octanol–water partition coefficient (Wildman–Crippen LogP) is 4.79. The molecule has 3 rings (SSSR count). The van der Waals surface area contributed by atoms with Crippen LogP contribution in [0.2, 0.25) is 5.02 Å². The van der Waals surface area contributed by atoms with Crippen LogP contribution < -0.4 is 10.6 Å². The Balaban J connectivity index is 0.00000300. The van der Waals surface area contributed by atoms with Crippen LogP contribution in [-0.2, 0) is 6.42 Å². The molecule has 0 spiro atoms. The summed E-state index contributed by atoms with van der Waals surface area (Å²) in [7, 11) is 1.75. The van der Waals surface area contributed by atoms with Crippen molar-refractivity contribution in [1.29, 1.82) is 0 Å². The molecule has 1 atom stereocenters. The Morgan fingerprint density at radius 1 is 1.21 bits per heavy atom. The Morgan fingerprint density at radius 2 is 2.00 bits per heavy atom. The molecular formula is C21H25ClIN5O. The first-order valence-corrected chi connectivity index (χ1v) is 9.56. The molecule has 1 unspecified atom stereocenters. The van der Waals surface area contributed by atoms with Crippen LogP contribution in [-0.4, -0.2) is 29.7 Å². The van der Waals surface area contributed by atoms with E-state index < -0.39 is 0 Å². The van der Waals surface area contributed by atoms with Gasteiger partial charge < -0.3 is 15.2 Å². The van der Waals surface area contributed by atoms with Crippen molar-refractivity contribution in [2.24, 2.45) is 4.99 Å². The number of hydrogen-bond acceptors (Lipinski definition) is 4. The average Bonchev–Trinajstić information content (AvgIpc) is 3.16. The van der Waals surface area contributed by atoms with Crippen LogP contribution >= 0.6 is 35.6 Å². The molecule has 0 bridgehead atoms. The van der Waals surface area contributed by atoms with E-state index in [9.17, 15) is 0 Å². The molecule has 8 heteroatoms. The van der Waals surface area contributed by atoms with Gasteiger partial charge >= 0.3 is 0 Å². The van der Waals surface area contributed by atoms with E-state index in [4.69, 9.17) is 16.1 Å². The molecule has 29 heavy (non-hydrogen) atoms. The van der Waals surface area contributed by atoms with Crippen molar-refractivity contribution in [3.63, 3.8) is 0 Å². The van der Waals surface area contributed by atoms with Gasteiger partial charge in [0.2, 0.25) is 11.7 Å². The number of nitrogens with one attached hydrogen (secondary N) is 2. The molecule has 1 heterocycles. The SMILES string of the molecule is CN=C(NCCc1nc(-c2cccc(Cl)c2)no1)NC(C)c1ccccc1C.I. The van der Waals surface area contributed by atoms with Crippen LogP contribution in [0.4, 0.5) is 0 Å². The van der Waals surface area contributed by atoms with Gasteiger partial charge in [-0.2, -0.15) is 4.98 Å². The fourth-order valence-corrected chi connectivity index (χ4v) is 3.13. The van der Waals surface area contributed by atoms with Gasteiger partial charge in [0.25, 0.3) is 0 Å². The van der Waals surface area contributed by atoms with E-state index in [-0.39, 0.29) is 30.0 Å². The third-order valence-electron chi connectivity index (χ3n) is 4.41. The molecule has 6 nitrogen and oxygen atoms in total. The fourth-order valence-electron chi connectivity index (χ4n) is 2.94. The first-order chi connectivity index (χ1) is 13.6. The molecule has 3 aromatic rings. The van der Waals surface area contributed by atoms with Gasteiger partial charge in [0.1, 0.15) is 0 Å². The third-order valence-corrected chi connectivity index (χ3v) is 4.65. The van der Waals surface area contributed by atoms with Crippen molar-refractivity contribution in [2.45, 2.75) is 26.3 Å². The van der Waals surface area contributed by atoms with Gasteiger partial charge in [-0.05, 0) is 37.1 Å². The highest BCUT2D eigenvalue weighted by Gasteiger charge is 2.11. The van der Waals surface area contributed by atoms with Crippen molar-refractivity contribution in [3.05, 3.63) is 70.6 Å². The predicted molar refractivity (Wildman–Crippen MR) is 128 cm³/mol. The smallest absolute Gasteiger partial charge is 0.228 e. The number of aliphatic imine (C=N–C) groups is 1. The lowest BCUT2D eigenvalue weighted by Crippen LogP contribution is -2.39. The van der Waals surface area contributed by atoms with Crippen LogP contribution in [0.25, 0.3) is 11.4 Å². The average molecular weight is 526 g/mol. The number of hydrogen-bond donors (Lipinski definition) is 2. The first kappa shape index (κ1) is 23.2. The van der Waals surface area contributed by atoms with Gasteiger partial charge in [-0.1, -0.05) is 53.2 Å². The molecule has 0 amide bonds. The number of aromatic nitrogens is 2.